The average Bonchev–Trinajstić information content (AvgIpc) is 3.74. The van der Waals surface area contributed by atoms with E-state index < -0.39 is 29.1 Å². The first-order chi connectivity index (χ1) is 20.6. The summed E-state index contributed by atoms with van der Waals surface area (Å²) >= 11 is 1.55. The van der Waals surface area contributed by atoms with Gasteiger partial charge in [0.15, 0.2) is 5.75 Å². The van der Waals surface area contributed by atoms with Crippen molar-refractivity contribution < 1.29 is 37.0 Å². The maximum atomic E-state index is 13.3. The minimum absolute atomic E-state index is 0.0447. The number of methoxy groups -OCH3 is 1. The molecule has 3 heterocycles. The highest BCUT2D eigenvalue weighted by atomic mass is 32.1. The summed E-state index contributed by atoms with van der Waals surface area (Å²) in [5, 5.41) is 3.13. The first kappa shape index (κ1) is 28.6. The quantitative estimate of drug-likeness (QED) is 0.225. The maximum absolute atomic E-state index is 13.3. The lowest BCUT2D eigenvalue weighted by Crippen LogP contribution is -2.30. The van der Waals surface area contributed by atoms with Crippen LogP contribution >= 0.6 is 11.3 Å². The lowest BCUT2D eigenvalue weighted by Gasteiger charge is -2.23. The van der Waals surface area contributed by atoms with Gasteiger partial charge in [0.2, 0.25) is 5.43 Å². The zero-order valence-electron chi connectivity index (χ0n) is 22.7. The van der Waals surface area contributed by atoms with Gasteiger partial charge < -0.3 is 19.4 Å². The highest BCUT2D eigenvalue weighted by Gasteiger charge is 2.43. The lowest BCUT2D eigenvalue weighted by atomic mass is 9.93. The molecule has 13 heteroatoms. The number of nitrogens with zero attached hydrogens (tertiary/aromatic N) is 2. The number of esters is 2. The predicted octanol–water partition coefficient (Wildman–Crippen LogP) is 5.52. The molecule has 0 aliphatic heterocycles. The summed E-state index contributed by atoms with van der Waals surface area (Å²) in [5.41, 5.74) is 0.831. The zero-order chi connectivity index (χ0) is 30.5. The Morgan fingerprint density at radius 1 is 1.12 bits per heavy atom. The molecular weight excluding hydrogens is 587 g/mol. The Morgan fingerprint density at radius 3 is 2.58 bits per heavy atom. The first-order valence-corrected chi connectivity index (χ1v) is 14.3. The predicted molar refractivity (Wildman–Crippen MR) is 150 cm³/mol. The number of aryl methyl sites for hydroxylation is 1. The van der Waals surface area contributed by atoms with Crippen molar-refractivity contribution in [2.75, 3.05) is 7.11 Å². The number of alkyl halides is 3. The fraction of sp³-hybridized carbons (Fsp3) is 0.300. The maximum Gasteiger partial charge on any atom is 0.491 e. The molecule has 9 nitrogen and oxygen atoms in total. The van der Waals surface area contributed by atoms with Crippen molar-refractivity contribution in [3.8, 4) is 16.2 Å². The third-order valence-corrected chi connectivity index (χ3v) is 8.75. The third kappa shape index (κ3) is 5.40. The number of pyridine rings is 2. The van der Waals surface area contributed by atoms with Crippen LogP contribution < -0.4 is 15.5 Å². The van der Waals surface area contributed by atoms with Gasteiger partial charge in [0.1, 0.15) is 11.3 Å². The van der Waals surface area contributed by atoms with Gasteiger partial charge in [0.25, 0.3) is 5.91 Å². The number of fused-ring (bicyclic) bond motifs is 2. The van der Waals surface area contributed by atoms with Crippen LogP contribution in [-0.4, -0.2) is 40.7 Å². The van der Waals surface area contributed by atoms with Crippen molar-refractivity contribution in [1.29, 1.82) is 0 Å². The van der Waals surface area contributed by atoms with Gasteiger partial charge in [-0.25, -0.2) is 9.59 Å². The van der Waals surface area contributed by atoms with Crippen molar-refractivity contribution in [2.24, 2.45) is 0 Å². The van der Waals surface area contributed by atoms with Crippen LogP contribution in [0.3, 0.4) is 0 Å². The molecule has 2 aliphatic carbocycles. The van der Waals surface area contributed by atoms with E-state index in [1.807, 2.05) is 6.07 Å². The van der Waals surface area contributed by atoms with Crippen LogP contribution in [0.5, 0.6) is 5.75 Å². The Kier molecular flexibility index (Phi) is 7.28. The normalized spacial score (nSPS) is 16.4. The molecule has 0 saturated heterocycles. The summed E-state index contributed by atoms with van der Waals surface area (Å²) in [6.07, 6.45) is 1.22. The summed E-state index contributed by atoms with van der Waals surface area (Å²) in [4.78, 5) is 56.0. The average molecular weight is 612 g/mol. The number of hydrogen-bond donors (Lipinski definition) is 1. The number of ether oxygens (including phenoxy) is 2. The molecule has 4 aromatic rings. The summed E-state index contributed by atoms with van der Waals surface area (Å²) in [6, 6.07) is 9.95. The van der Waals surface area contributed by atoms with Crippen LogP contribution in [-0.2, 0) is 16.0 Å². The number of benzene rings is 1. The van der Waals surface area contributed by atoms with Crippen molar-refractivity contribution in [2.45, 2.75) is 50.4 Å². The van der Waals surface area contributed by atoms with Gasteiger partial charge in [0.05, 0.1) is 24.1 Å². The molecule has 1 aromatic carbocycles. The van der Waals surface area contributed by atoms with Crippen molar-refractivity contribution >= 4 is 40.1 Å². The van der Waals surface area contributed by atoms with Gasteiger partial charge in [-0.2, -0.15) is 13.2 Å². The Morgan fingerprint density at radius 2 is 1.91 bits per heavy atom. The summed E-state index contributed by atoms with van der Waals surface area (Å²) in [7, 11) is 1.45. The number of carbonyl (C=O) groups is 3. The van der Waals surface area contributed by atoms with E-state index in [4.69, 9.17) is 4.74 Å². The Labute approximate surface area is 246 Å². The molecule has 43 heavy (non-hydrogen) atoms. The fourth-order valence-corrected chi connectivity index (χ4v) is 6.66. The largest absolute Gasteiger partial charge is 0.494 e. The molecule has 1 amide bonds. The molecule has 0 spiro atoms. The molecule has 1 atom stereocenters. The molecule has 6 rings (SSSR count). The molecule has 0 radical (unpaired) electrons. The van der Waals surface area contributed by atoms with E-state index in [-0.39, 0.29) is 23.4 Å². The van der Waals surface area contributed by atoms with Crippen LogP contribution in [0.1, 0.15) is 69.1 Å². The Hall–Kier alpha value is -4.52. The van der Waals surface area contributed by atoms with E-state index in [9.17, 15) is 32.3 Å². The number of carbonyl (C=O) groups excluding carboxylic acids is 3. The van der Waals surface area contributed by atoms with E-state index >= 15 is 0 Å². The van der Waals surface area contributed by atoms with Gasteiger partial charge in [-0.1, -0.05) is 6.07 Å². The van der Waals surface area contributed by atoms with Gasteiger partial charge in [0, 0.05) is 33.8 Å². The van der Waals surface area contributed by atoms with Crippen LogP contribution in [0.2, 0.25) is 0 Å². The minimum Gasteiger partial charge on any atom is -0.494 e. The van der Waals surface area contributed by atoms with E-state index in [2.05, 4.69) is 15.0 Å². The minimum atomic E-state index is -5.39. The van der Waals surface area contributed by atoms with E-state index in [1.54, 1.807) is 46.4 Å². The number of amides is 1. The summed E-state index contributed by atoms with van der Waals surface area (Å²) < 4.78 is 49.5. The third-order valence-electron chi connectivity index (χ3n) is 7.51. The van der Waals surface area contributed by atoms with E-state index in [0.29, 0.717) is 35.4 Å². The van der Waals surface area contributed by atoms with Crippen LogP contribution in [0.25, 0.3) is 21.3 Å². The second-order valence-electron chi connectivity index (χ2n) is 10.4. The van der Waals surface area contributed by atoms with Crippen molar-refractivity contribution in [3.05, 3.63) is 80.7 Å². The van der Waals surface area contributed by atoms with Gasteiger partial charge in [-0.3, -0.25) is 14.6 Å². The Bertz CT molecular complexity index is 1830. The second kappa shape index (κ2) is 11.0. The molecule has 3 aromatic heterocycles. The number of nitrogens with one attached hydrogen (secondary N) is 1. The van der Waals surface area contributed by atoms with Crippen LogP contribution in [0.15, 0.2) is 53.6 Å². The van der Waals surface area contributed by atoms with Gasteiger partial charge in [-0.15, -0.1) is 11.3 Å². The highest BCUT2D eigenvalue weighted by Crippen LogP contribution is 2.46. The van der Waals surface area contributed by atoms with E-state index in [0.717, 1.165) is 40.8 Å². The smallest absolute Gasteiger partial charge is 0.491 e. The molecule has 2 aliphatic rings. The first-order valence-electron chi connectivity index (χ1n) is 13.5. The highest BCUT2D eigenvalue weighted by molar-refractivity contribution is 7.15. The number of halogens is 3. The Balaban J connectivity index is 1.40. The zero-order valence-corrected chi connectivity index (χ0v) is 23.5. The molecule has 0 bridgehead atoms. The summed E-state index contributed by atoms with van der Waals surface area (Å²) in [5.74, 6) is -4.27. The molecule has 1 N–H and O–H groups in total. The number of aromatic nitrogens is 2. The lowest BCUT2D eigenvalue weighted by molar-refractivity contribution is -0.193. The van der Waals surface area contributed by atoms with Gasteiger partial charge >= 0.3 is 18.1 Å². The van der Waals surface area contributed by atoms with Crippen molar-refractivity contribution in [1.82, 2.24) is 14.9 Å². The molecule has 1 unspecified atom stereocenters. The van der Waals surface area contributed by atoms with E-state index in [1.165, 1.54) is 13.2 Å². The standard InChI is InChI=1S/C30H24F3N3O6S/c1-41-26-16(23-13-18-20(6-4-7-22(18)43-23)35-27(38)21-5-2-3-12-34-21)10-11-17-24(26)36(15-8-9-15)14-19(25(17)37)28(39)42-29(40)30(31,32)33/h2-3,5,10-15,20H,4,6-9H2,1H3,(H,35,38). The van der Waals surface area contributed by atoms with Crippen LogP contribution in [0.4, 0.5) is 13.2 Å². The molecule has 1 saturated carbocycles. The SMILES string of the molecule is COc1c(-c2cc3c(s2)CCCC3NC(=O)c2ccccn2)ccc2c(=O)c(C(=O)OC(=O)C(F)(F)F)cn(C3CC3)c12. The van der Waals surface area contributed by atoms with Crippen molar-refractivity contribution in [3.63, 3.8) is 0 Å². The molecule has 222 valence electrons. The molecular formula is C30H24F3N3O6S. The number of rotatable bonds is 6. The summed E-state index contributed by atoms with van der Waals surface area (Å²) in [6.45, 7) is 0. The van der Waals surface area contributed by atoms with Gasteiger partial charge in [-0.05, 0) is 68.0 Å². The monoisotopic (exact) mass is 611 g/mol. The topological polar surface area (TPSA) is 117 Å². The molecule has 1 fully saturated rings. The van der Waals surface area contributed by atoms with Crippen LogP contribution in [0, 0.1) is 0 Å². The number of hydrogen-bond acceptors (Lipinski definition) is 8. The fourth-order valence-electron chi connectivity index (χ4n) is 5.37. The second-order valence-corrected chi connectivity index (χ2v) is 11.5. The number of thiophene rings is 1.